The first-order chi connectivity index (χ1) is 8.26. The van der Waals surface area contributed by atoms with Gasteiger partial charge < -0.3 is 10.5 Å². The van der Waals surface area contributed by atoms with Crippen LogP contribution in [0.2, 0.25) is 0 Å². The van der Waals surface area contributed by atoms with Gasteiger partial charge >= 0.3 is 5.97 Å². The van der Waals surface area contributed by atoms with Crippen LogP contribution in [0.4, 0.5) is 0 Å². The third-order valence-electron chi connectivity index (χ3n) is 3.04. The highest BCUT2D eigenvalue weighted by Crippen LogP contribution is 2.25. The number of benzene rings is 1. The number of nitrogens with one attached hydrogen (secondary N) is 2. The molecular weight excluding hydrogens is 254 g/mol. The van der Waals surface area contributed by atoms with Crippen molar-refractivity contribution in [1.82, 2.24) is 10.9 Å². The van der Waals surface area contributed by atoms with E-state index in [9.17, 15) is 4.79 Å². The zero-order chi connectivity index (χ0) is 12.3. The molecule has 0 aromatic heterocycles. The number of esters is 1. The van der Waals surface area contributed by atoms with Crippen LogP contribution >= 0.6 is 12.4 Å². The van der Waals surface area contributed by atoms with Gasteiger partial charge in [0.05, 0.1) is 7.11 Å². The average molecular weight is 272 g/mol. The highest BCUT2D eigenvalue weighted by atomic mass is 35.5. The van der Waals surface area contributed by atoms with Crippen LogP contribution in [0, 0.1) is 0 Å². The molecule has 1 aromatic rings. The molecule has 0 radical (unpaired) electrons. The molecule has 2 atom stereocenters. The summed E-state index contributed by atoms with van der Waals surface area (Å²) in [5.74, 6) is -0.245. The lowest BCUT2D eigenvalue weighted by atomic mass is 9.97. The van der Waals surface area contributed by atoms with E-state index in [1.54, 1.807) is 0 Å². The highest BCUT2D eigenvalue weighted by molar-refractivity contribution is 5.85. The summed E-state index contributed by atoms with van der Waals surface area (Å²) in [6.45, 7) is 0.497. The normalized spacial score (nSPS) is 22.3. The molecule has 5 nitrogen and oxygen atoms in total. The summed E-state index contributed by atoms with van der Waals surface area (Å²) < 4.78 is 4.71. The van der Waals surface area contributed by atoms with Gasteiger partial charge in [0.1, 0.15) is 6.04 Å². The first-order valence-corrected chi connectivity index (χ1v) is 5.63. The van der Waals surface area contributed by atoms with E-state index in [4.69, 9.17) is 10.5 Å². The van der Waals surface area contributed by atoms with Crippen molar-refractivity contribution < 1.29 is 9.53 Å². The van der Waals surface area contributed by atoms with Crippen molar-refractivity contribution in [3.63, 3.8) is 0 Å². The Morgan fingerprint density at radius 3 is 2.83 bits per heavy atom. The highest BCUT2D eigenvalue weighted by Gasteiger charge is 2.31. The molecule has 1 aliphatic heterocycles. The van der Waals surface area contributed by atoms with E-state index in [1.165, 1.54) is 7.11 Å². The minimum atomic E-state index is -0.296. The summed E-state index contributed by atoms with van der Waals surface area (Å²) in [5, 5.41) is 0. The number of ether oxygens (including phenoxy) is 1. The topological polar surface area (TPSA) is 76.4 Å². The number of carbonyl (C=O) groups excluding carboxylic acids is 1. The number of halogens is 1. The van der Waals surface area contributed by atoms with Crippen molar-refractivity contribution in [3.05, 3.63) is 35.4 Å². The van der Waals surface area contributed by atoms with Crippen LogP contribution in [0.1, 0.15) is 23.6 Å². The van der Waals surface area contributed by atoms with E-state index >= 15 is 0 Å². The standard InChI is InChI=1S/C12H17N3O2.ClH/c1-17-12(16)11-6-10(14-15-11)9-5-3-2-4-8(9)7-13;/h2-5,10-11,14-15H,6-7,13H2,1H3;1H. The fourth-order valence-electron chi connectivity index (χ4n) is 2.12. The molecule has 1 saturated heterocycles. The van der Waals surface area contributed by atoms with Crippen molar-refractivity contribution in [2.45, 2.75) is 25.0 Å². The second kappa shape index (κ2) is 6.70. The van der Waals surface area contributed by atoms with Crippen LogP contribution in [-0.2, 0) is 16.1 Å². The van der Waals surface area contributed by atoms with Crippen molar-refractivity contribution in [3.8, 4) is 0 Å². The maximum atomic E-state index is 11.4. The van der Waals surface area contributed by atoms with Crippen molar-refractivity contribution >= 4 is 18.4 Å². The Hall–Kier alpha value is -1.14. The maximum Gasteiger partial charge on any atom is 0.324 e. The van der Waals surface area contributed by atoms with Crippen LogP contribution in [0.5, 0.6) is 0 Å². The molecule has 1 aliphatic rings. The first-order valence-electron chi connectivity index (χ1n) is 5.63. The van der Waals surface area contributed by atoms with Crippen molar-refractivity contribution in [2.75, 3.05) is 7.11 Å². The van der Waals surface area contributed by atoms with Crippen LogP contribution in [0.25, 0.3) is 0 Å². The molecule has 0 aliphatic carbocycles. The van der Waals surface area contributed by atoms with Gasteiger partial charge in [-0.1, -0.05) is 24.3 Å². The fraction of sp³-hybridized carbons (Fsp3) is 0.417. The molecule has 0 saturated carbocycles. The SMILES string of the molecule is COC(=O)C1CC(c2ccccc2CN)NN1.Cl. The number of nitrogens with two attached hydrogens (primary N) is 1. The van der Waals surface area contributed by atoms with Crippen LogP contribution in [0.3, 0.4) is 0 Å². The molecule has 18 heavy (non-hydrogen) atoms. The van der Waals surface area contributed by atoms with Gasteiger partial charge in [0.25, 0.3) is 0 Å². The quantitative estimate of drug-likeness (QED) is 0.704. The molecule has 4 N–H and O–H groups in total. The Morgan fingerprint density at radius 1 is 1.44 bits per heavy atom. The molecule has 1 heterocycles. The van der Waals surface area contributed by atoms with Gasteiger partial charge in [-0.05, 0) is 17.5 Å². The number of rotatable bonds is 3. The molecular formula is C12H18ClN3O2. The zero-order valence-electron chi connectivity index (χ0n) is 10.2. The molecule has 2 unspecified atom stereocenters. The predicted octanol–water partition coefficient (Wildman–Crippen LogP) is 0.648. The van der Waals surface area contributed by atoms with E-state index in [0.29, 0.717) is 13.0 Å². The van der Waals surface area contributed by atoms with Crippen LogP contribution in [-0.4, -0.2) is 19.1 Å². The monoisotopic (exact) mass is 271 g/mol. The number of hydrogen-bond donors (Lipinski definition) is 3. The molecule has 1 fully saturated rings. The summed E-state index contributed by atoms with van der Waals surface area (Å²) in [5.41, 5.74) is 14.0. The van der Waals surface area contributed by atoms with Gasteiger partial charge in [-0.15, -0.1) is 12.4 Å². The van der Waals surface area contributed by atoms with Gasteiger partial charge in [0, 0.05) is 12.6 Å². The van der Waals surface area contributed by atoms with Gasteiger partial charge in [-0.3, -0.25) is 4.79 Å². The molecule has 0 spiro atoms. The second-order valence-corrected chi connectivity index (χ2v) is 4.06. The average Bonchev–Trinajstić information content (AvgIpc) is 2.87. The summed E-state index contributed by atoms with van der Waals surface area (Å²) in [7, 11) is 1.39. The lowest BCUT2D eigenvalue weighted by Gasteiger charge is -2.13. The van der Waals surface area contributed by atoms with E-state index < -0.39 is 0 Å². The van der Waals surface area contributed by atoms with Crippen LogP contribution in [0.15, 0.2) is 24.3 Å². The summed E-state index contributed by atoms with van der Waals surface area (Å²) in [6, 6.07) is 7.77. The van der Waals surface area contributed by atoms with Crippen molar-refractivity contribution in [1.29, 1.82) is 0 Å². The van der Waals surface area contributed by atoms with E-state index in [0.717, 1.165) is 11.1 Å². The number of hydrazine groups is 1. The Morgan fingerprint density at radius 2 is 2.17 bits per heavy atom. The Kier molecular flexibility index (Phi) is 5.55. The molecule has 1 aromatic carbocycles. The minimum Gasteiger partial charge on any atom is -0.468 e. The molecule has 100 valence electrons. The number of carbonyl (C=O) groups is 1. The minimum absolute atomic E-state index is 0. The Balaban J connectivity index is 0.00000162. The van der Waals surface area contributed by atoms with Gasteiger partial charge in [-0.2, -0.15) is 0 Å². The summed E-state index contributed by atoms with van der Waals surface area (Å²) >= 11 is 0. The van der Waals surface area contributed by atoms with Gasteiger partial charge in [0.2, 0.25) is 0 Å². The molecule has 0 bridgehead atoms. The molecule has 6 heteroatoms. The predicted molar refractivity (Wildman–Crippen MR) is 71.0 cm³/mol. The second-order valence-electron chi connectivity index (χ2n) is 4.06. The van der Waals surface area contributed by atoms with Crippen LogP contribution < -0.4 is 16.6 Å². The Labute approximate surface area is 112 Å². The summed E-state index contributed by atoms with van der Waals surface area (Å²) in [6.07, 6.45) is 0.670. The fourth-order valence-corrected chi connectivity index (χ4v) is 2.12. The number of hydrogen-bond acceptors (Lipinski definition) is 5. The maximum absolute atomic E-state index is 11.4. The Bertz CT molecular complexity index is 414. The smallest absolute Gasteiger partial charge is 0.324 e. The number of methoxy groups -OCH3 is 1. The molecule has 0 amide bonds. The van der Waals surface area contributed by atoms with Crippen molar-refractivity contribution in [2.24, 2.45) is 5.73 Å². The van der Waals surface area contributed by atoms with E-state index in [2.05, 4.69) is 10.9 Å². The molecule has 2 rings (SSSR count). The van der Waals surface area contributed by atoms with Gasteiger partial charge in [-0.25, -0.2) is 10.9 Å². The summed E-state index contributed by atoms with van der Waals surface area (Å²) in [4.78, 5) is 11.4. The third kappa shape index (κ3) is 3.00. The van der Waals surface area contributed by atoms with Gasteiger partial charge in [0.15, 0.2) is 0 Å². The largest absolute Gasteiger partial charge is 0.468 e. The first kappa shape index (κ1) is 14.9. The lowest BCUT2D eigenvalue weighted by Crippen LogP contribution is -2.37. The van der Waals surface area contributed by atoms with E-state index in [1.807, 2.05) is 24.3 Å². The van der Waals surface area contributed by atoms with E-state index in [-0.39, 0.29) is 30.5 Å². The third-order valence-corrected chi connectivity index (χ3v) is 3.04. The zero-order valence-corrected chi connectivity index (χ0v) is 11.0. The lowest BCUT2D eigenvalue weighted by molar-refractivity contribution is -0.142.